The van der Waals surface area contributed by atoms with Crippen molar-refractivity contribution in [2.75, 3.05) is 0 Å². The number of rotatable bonds is 4. The molecule has 0 bridgehead atoms. The summed E-state index contributed by atoms with van der Waals surface area (Å²) in [6.07, 6.45) is -4.86. The number of carboxylic acid groups (broad SMARTS) is 1. The van der Waals surface area contributed by atoms with E-state index in [0.29, 0.717) is 5.39 Å². The number of carboxylic acids is 1. The molecule has 0 aliphatic heterocycles. The standard InChI is InChI=1S/C18H20F3N5O3Si/c1-17(2,3)30(4,5)26-24-15(23-25-26)14-12(16(27)28)8-10-6-7-11(9-13(10)22-14)29-18(19,20)21/h6-9H,1-5H3,(H,27,28). The molecule has 0 saturated carbocycles. The molecule has 8 nitrogen and oxygen atoms in total. The van der Waals surface area contributed by atoms with E-state index in [0.717, 1.165) is 12.1 Å². The summed E-state index contributed by atoms with van der Waals surface area (Å²) in [5.41, 5.74) is -0.147. The molecule has 0 spiro atoms. The zero-order valence-electron chi connectivity index (χ0n) is 16.9. The molecule has 2 heterocycles. The Morgan fingerprint density at radius 1 is 1.17 bits per heavy atom. The van der Waals surface area contributed by atoms with Gasteiger partial charge in [-0.1, -0.05) is 26.0 Å². The van der Waals surface area contributed by atoms with Crippen molar-refractivity contribution in [3.05, 3.63) is 29.8 Å². The number of tetrazole rings is 1. The molecule has 3 aromatic rings. The molecule has 30 heavy (non-hydrogen) atoms. The van der Waals surface area contributed by atoms with E-state index in [1.807, 2.05) is 13.1 Å². The van der Waals surface area contributed by atoms with Gasteiger partial charge in [0.1, 0.15) is 11.4 Å². The number of carbonyl (C=O) groups is 1. The summed E-state index contributed by atoms with van der Waals surface area (Å²) in [4.78, 5) is 16.0. The first-order valence-corrected chi connectivity index (χ1v) is 11.9. The lowest BCUT2D eigenvalue weighted by atomic mass is 10.1. The van der Waals surface area contributed by atoms with E-state index >= 15 is 0 Å². The summed E-state index contributed by atoms with van der Waals surface area (Å²) >= 11 is 0. The Bertz CT molecular complexity index is 1120. The molecular formula is C18H20F3N5O3Si. The summed E-state index contributed by atoms with van der Waals surface area (Å²) in [5.74, 6) is -1.74. The average molecular weight is 439 g/mol. The highest BCUT2D eigenvalue weighted by Gasteiger charge is 2.41. The highest BCUT2D eigenvalue weighted by molar-refractivity contribution is 6.78. The smallest absolute Gasteiger partial charge is 0.478 e. The third kappa shape index (κ3) is 4.13. The number of fused-ring (bicyclic) bond motifs is 1. The van der Waals surface area contributed by atoms with Crippen LogP contribution in [-0.4, -0.2) is 50.5 Å². The number of ether oxygens (including phenoxy) is 1. The van der Waals surface area contributed by atoms with Crippen LogP contribution in [0.4, 0.5) is 13.2 Å². The molecule has 12 heteroatoms. The fourth-order valence-corrected chi connectivity index (χ4v) is 3.74. The van der Waals surface area contributed by atoms with Crippen molar-refractivity contribution in [3.63, 3.8) is 0 Å². The predicted molar refractivity (Wildman–Crippen MR) is 105 cm³/mol. The van der Waals surface area contributed by atoms with Crippen molar-refractivity contribution in [3.8, 4) is 17.3 Å². The van der Waals surface area contributed by atoms with Crippen LogP contribution in [0.5, 0.6) is 5.75 Å². The zero-order valence-corrected chi connectivity index (χ0v) is 17.9. The molecule has 0 radical (unpaired) electrons. The molecule has 0 atom stereocenters. The lowest BCUT2D eigenvalue weighted by Gasteiger charge is -2.34. The normalized spacial score (nSPS) is 12.9. The summed E-state index contributed by atoms with van der Waals surface area (Å²) < 4.78 is 43.0. The van der Waals surface area contributed by atoms with Crippen molar-refractivity contribution in [2.45, 2.75) is 45.3 Å². The molecule has 0 aliphatic rings. The minimum atomic E-state index is -4.86. The highest BCUT2D eigenvalue weighted by atomic mass is 28.3. The van der Waals surface area contributed by atoms with Gasteiger partial charge in [-0.05, 0) is 36.3 Å². The van der Waals surface area contributed by atoms with Crippen LogP contribution in [-0.2, 0) is 0 Å². The quantitative estimate of drug-likeness (QED) is 0.603. The fourth-order valence-electron chi connectivity index (χ4n) is 2.52. The molecule has 0 aliphatic carbocycles. The number of hydrogen-bond donors (Lipinski definition) is 1. The molecule has 0 unspecified atom stereocenters. The summed E-state index contributed by atoms with van der Waals surface area (Å²) in [5, 5.41) is 22.3. The van der Waals surface area contributed by atoms with Crippen LogP contribution in [0, 0.1) is 0 Å². The minimum absolute atomic E-state index is 0.0127. The third-order valence-corrected chi connectivity index (χ3v) is 10.1. The Hall–Kier alpha value is -3.02. The molecule has 2 aromatic heterocycles. The number of pyridine rings is 1. The molecule has 0 amide bonds. The second kappa shape index (κ2) is 7.04. The summed E-state index contributed by atoms with van der Waals surface area (Å²) in [6.45, 7) is 10.3. The van der Waals surface area contributed by atoms with E-state index in [9.17, 15) is 23.1 Å². The lowest BCUT2D eigenvalue weighted by molar-refractivity contribution is -0.274. The maximum absolute atomic E-state index is 12.5. The lowest BCUT2D eigenvalue weighted by Crippen LogP contribution is -2.47. The zero-order chi connectivity index (χ0) is 22.5. The topological polar surface area (TPSA) is 103 Å². The van der Waals surface area contributed by atoms with E-state index in [2.05, 4.69) is 45.9 Å². The van der Waals surface area contributed by atoms with Gasteiger partial charge in [-0.2, -0.15) is 0 Å². The van der Waals surface area contributed by atoms with Gasteiger partial charge in [0.25, 0.3) is 0 Å². The van der Waals surface area contributed by atoms with Crippen LogP contribution in [0.2, 0.25) is 18.1 Å². The van der Waals surface area contributed by atoms with Gasteiger partial charge < -0.3 is 9.84 Å². The van der Waals surface area contributed by atoms with E-state index in [1.165, 1.54) is 16.6 Å². The Morgan fingerprint density at radius 3 is 2.40 bits per heavy atom. The first kappa shape index (κ1) is 21.7. The molecule has 1 aromatic carbocycles. The van der Waals surface area contributed by atoms with Crippen molar-refractivity contribution >= 4 is 25.1 Å². The molecule has 160 valence electrons. The fraction of sp³-hybridized carbons (Fsp3) is 0.389. The van der Waals surface area contributed by atoms with E-state index in [1.54, 1.807) is 0 Å². The van der Waals surface area contributed by atoms with Gasteiger partial charge in [-0.3, -0.25) is 0 Å². The van der Waals surface area contributed by atoms with Crippen LogP contribution >= 0.6 is 0 Å². The van der Waals surface area contributed by atoms with Gasteiger partial charge in [-0.25, -0.2) is 14.2 Å². The van der Waals surface area contributed by atoms with Gasteiger partial charge in [0, 0.05) is 11.5 Å². The van der Waals surface area contributed by atoms with Crippen molar-refractivity contribution < 1.29 is 27.8 Å². The molecule has 1 N–H and O–H groups in total. The third-order valence-electron chi connectivity index (χ3n) is 5.21. The van der Waals surface area contributed by atoms with Gasteiger partial charge >= 0.3 is 12.3 Å². The minimum Gasteiger partial charge on any atom is -0.478 e. The SMILES string of the molecule is CC(C)(C)[Si](C)(C)n1nnc(-c2nc3cc(OC(F)(F)F)ccc3cc2C(=O)O)n1. The second-order valence-electron chi connectivity index (χ2n) is 8.30. The number of benzene rings is 1. The summed E-state index contributed by atoms with van der Waals surface area (Å²) in [7, 11) is -2.22. The Balaban J connectivity index is 2.14. The Morgan fingerprint density at radius 2 is 1.83 bits per heavy atom. The number of halogens is 3. The van der Waals surface area contributed by atoms with Gasteiger partial charge in [0.2, 0.25) is 14.1 Å². The number of aromatic carboxylic acids is 1. The van der Waals surface area contributed by atoms with Crippen molar-refractivity contribution in [2.24, 2.45) is 0 Å². The molecule has 0 fully saturated rings. The van der Waals surface area contributed by atoms with Crippen LogP contribution < -0.4 is 4.74 Å². The summed E-state index contributed by atoms with van der Waals surface area (Å²) in [6, 6.07) is 4.79. The van der Waals surface area contributed by atoms with Gasteiger partial charge in [0.15, 0.2) is 0 Å². The number of nitrogens with zero attached hydrogens (tertiary/aromatic N) is 5. The van der Waals surface area contributed by atoms with Gasteiger partial charge in [0.05, 0.1) is 11.1 Å². The van der Waals surface area contributed by atoms with Gasteiger partial charge in [-0.15, -0.1) is 23.4 Å². The van der Waals surface area contributed by atoms with E-state index in [-0.39, 0.29) is 27.6 Å². The van der Waals surface area contributed by atoms with Crippen LogP contribution in [0.25, 0.3) is 22.4 Å². The van der Waals surface area contributed by atoms with Crippen LogP contribution in [0.1, 0.15) is 31.1 Å². The van der Waals surface area contributed by atoms with Crippen molar-refractivity contribution in [1.82, 2.24) is 24.9 Å². The number of alkyl halides is 3. The monoisotopic (exact) mass is 439 g/mol. The molecule has 3 rings (SSSR count). The first-order valence-electron chi connectivity index (χ1n) is 8.94. The van der Waals surface area contributed by atoms with Crippen molar-refractivity contribution in [1.29, 1.82) is 0 Å². The maximum Gasteiger partial charge on any atom is 0.573 e. The largest absolute Gasteiger partial charge is 0.573 e. The Labute approximate surface area is 170 Å². The van der Waals surface area contributed by atoms with E-state index < -0.39 is 26.3 Å². The number of aromatic nitrogens is 5. The second-order valence-corrected chi connectivity index (χ2v) is 13.3. The van der Waals surface area contributed by atoms with Crippen LogP contribution in [0.15, 0.2) is 24.3 Å². The maximum atomic E-state index is 12.5. The molecular weight excluding hydrogens is 419 g/mol. The molecule has 0 saturated heterocycles. The number of hydrogen-bond acceptors (Lipinski definition) is 6. The first-order chi connectivity index (χ1) is 13.7. The Kier molecular flexibility index (Phi) is 5.09. The average Bonchev–Trinajstić information content (AvgIpc) is 3.08. The highest BCUT2D eigenvalue weighted by Crippen LogP contribution is 2.36. The van der Waals surface area contributed by atoms with E-state index in [4.69, 9.17) is 0 Å². The predicted octanol–water partition coefficient (Wildman–Crippen LogP) is 4.34. The van der Waals surface area contributed by atoms with Crippen LogP contribution in [0.3, 0.4) is 0 Å².